The van der Waals surface area contributed by atoms with Gasteiger partial charge in [0.2, 0.25) is 10.0 Å². The third-order valence-electron chi connectivity index (χ3n) is 3.08. The zero-order valence-corrected chi connectivity index (χ0v) is 14.0. The molecule has 0 radical (unpaired) electrons. The minimum Gasteiger partial charge on any atom is -0.316 e. The first-order valence-corrected chi connectivity index (χ1v) is 8.92. The van der Waals surface area contributed by atoms with Crippen LogP contribution < -0.4 is 10.0 Å². The van der Waals surface area contributed by atoms with Crippen LogP contribution in [0, 0.1) is 0 Å². The van der Waals surface area contributed by atoms with Gasteiger partial charge in [-0.3, -0.25) is 0 Å². The maximum atomic E-state index is 12.0. The summed E-state index contributed by atoms with van der Waals surface area (Å²) < 4.78 is 26.7. The van der Waals surface area contributed by atoms with E-state index in [0.29, 0.717) is 6.54 Å². The van der Waals surface area contributed by atoms with Crippen molar-refractivity contribution in [1.29, 1.82) is 0 Å². The number of nitrogens with zero attached hydrogens (tertiary/aromatic N) is 1. The molecule has 0 saturated heterocycles. The van der Waals surface area contributed by atoms with Crippen LogP contribution in [-0.2, 0) is 22.3 Å². The summed E-state index contributed by atoms with van der Waals surface area (Å²) in [6.07, 6.45) is 1.85. The molecule has 0 aliphatic rings. The summed E-state index contributed by atoms with van der Waals surface area (Å²) in [6, 6.07) is 7.67. The minimum absolute atomic E-state index is 0.0399. The summed E-state index contributed by atoms with van der Waals surface area (Å²) in [5, 5.41) is 3.06. The summed E-state index contributed by atoms with van der Waals surface area (Å²) >= 11 is 0. The topological polar surface area (TPSA) is 61.4 Å². The normalized spacial score (nSPS) is 12.0. The van der Waals surface area contributed by atoms with E-state index in [1.54, 1.807) is 0 Å². The van der Waals surface area contributed by atoms with E-state index in [1.807, 2.05) is 45.4 Å². The number of nitrogens with one attached hydrogen (secondary N) is 2. The van der Waals surface area contributed by atoms with Crippen LogP contribution in [0.3, 0.4) is 0 Å². The third-order valence-corrected chi connectivity index (χ3v) is 4.44. The minimum atomic E-state index is -3.25. The maximum absolute atomic E-state index is 12.0. The Morgan fingerprint density at radius 3 is 2.52 bits per heavy atom. The highest BCUT2D eigenvalue weighted by Gasteiger charge is 2.11. The van der Waals surface area contributed by atoms with Crippen LogP contribution in [0.15, 0.2) is 24.3 Å². The molecule has 120 valence electrons. The highest BCUT2D eigenvalue weighted by molar-refractivity contribution is 7.88. The summed E-state index contributed by atoms with van der Waals surface area (Å²) in [7, 11) is 2.66. The van der Waals surface area contributed by atoms with Gasteiger partial charge in [0.05, 0.1) is 5.75 Å². The molecular formula is C15H27N3O2S. The lowest BCUT2D eigenvalue weighted by Gasteiger charge is -2.10. The molecule has 0 amide bonds. The van der Waals surface area contributed by atoms with Crippen molar-refractivity contribution in [3.8, 4) is 0 Å². The molecule has 6 heteroatoms. The second-order valence-corrected chi connectivity index (χ2v) is 7.32. The van der Waals surface area contributed by atoms with Crippen molar-refractivity contribution in [1.82, 2.24) is 14.9 Å². The van der Waals surface area contributed by atoms with Crippen molar-refractivity contribution in [2.75, 3.05) is 34.2 Å². The predicted molar refractivity (Wildman–Crippen MR) is 87.6 cm³/mol. The Hall–Kier alpha value is -0.950. The Labute approximate surface area is 128 Å². The highest BCUT2D eigenvalue weighted by Crippen LogP contribution is 2.08. The smallest absolute Gasteiger partial charge is 0.215 e. The van der Waals surface area contributed by atoms with Gasteiger partial charge in [-0.1, -0.05) is 24.3 Å². The average Bonchev–Trinajstić information content (AvgIpc) is 2.38. The second kappa shape index (κ2) is 9.15. The lowest BCUT2D eigenvalue weighted by molar-refractivity contribution is 0.394. The van der Waals surface area contributed by atoms with Gasteiger partial charge in [0.15, 0.2) is 0 Å². The van der Waals surface area contributed by atoms with E-state index in [0.717, 1.165) is 37.1 Å². The van der Waals surface area contributed by atoms with Crippen molar-refractivity contribution in [2.45, 2.75) is 25.1 Å². The molecule has 1 aromatic rings. The number of hydrogen-bond acceptors (Lipinski definition) is 4. The molecule has 1 rings (SSSR count). The number of rotatable bonds is 10. The summed E-state index contributed by atoms with van der Waals surface area (Å²) in [6.45, 7) is 2.23. The van der Waals surface area contributed by atoms with Crippen LogP contribution in [0.2, 0.25) is 0 Å². The van der Waals surface area contributed by atoms with Gasteiger partial charge in [-0.05, 0) is 51.7 Å². The molecule has 0 saturated carbocycles. The summed E-state index contributed by atoms with van der Waals surface area (Å²) in [5.41, 5.74) is 1.92. The van der Waals surface area contributed by atoms with E-state index < -0.39 is 10.0 Å². The van der Waals surface area contributed by atoms with Gasteiger partial charge in [0, 0.05) is 13.1 Å². The van der Waals surface area contributed by atoms with Gasteiger partial charge in [-0.15, -0.1) is 0 Å². The Morgan fingerprint density at radius 2 is 1.86 bits per heavy atom. The summed E-state index contributed by atoms with van der Waals surface area (Å²) in [5.74, 6) is 0.0399. The van der Waals surface area contributed by atoms with Gasteiger partial charge in [-0.25, -0.2) is 13.1 Å². The van der Waals surface area contributed by atoms with Crippen molar-refractivity contribution < 1.29 is 8.42 Å². The lowest BCUT2D eigenvalue weighted by Crippen LogP contribution is -2.27. The fourth-order valence-electron chi connectivity index (χ4n) is 2.08. The van der Waals surface area contributed by atoms with Gasteiger partial charge in [-0.2, -0.15) is 0 Å². The number of sulfonamides is 1. The third kappa shape index (κ3) is 8.16. The molecule has 21 heavy (non-hydrogen) atoms. The van der Waals surface area contributed by atoms with Crippen LogP contribution in [0.1, 0.15) is 24.0 Å². The van der Waals surface area contributed by atoms with E-state index >= 15 is 0 Å². The lowest BCUT2D eigenvalue weighted by atomic mass is 10.1. The molecule has 5 nitrogen and oxygen atoms in total. The van der Waals surface area contributed by atoms with E-state index in [-0.39, 0.29) is 5.75 Å². The molecule has 0 aliphatic carbocycles. The van der Waals surface area contributed by atoms with E-state index in [9.17, 15) is 8.42 Å². The molecule has 1 aromatic carbocycles. The first-order chi connectivity index (χ1) is 9.93. The first kappa shape index (κ1) is 18.1. The van der Waals surface area contributed by atoms with Crippen LogP contribution in [0.4, 0.5) is 0 Å². The van der Waals surface area contributed by atoms with Gasteiger partial charge in [0.1, 0.15) is 0 Å². The van der Waals surface area contributed by atoms with Crippen LogP contribution in [-0.4, -0.2) is 47.6 Å². The summed E-state index contributed by atoms with van der Waals surface area (Å²) in [4.78, 5) is 2.10. The van der Waals surface area contributed by atoms with E-state index in [2.05, 4.69) is 14.9 Å². The quantitative estimate of drug-likeness (QED) is 0.637. The molecule has 2 N–H and O–H groups in total. The van der Waals surface area contributed by atoms with E-state index in [4.69, 9.17) is 0 Å². The van der Waals surface area contributed by atoms with Gasteiger partial charge >= 0.3 is 0 Å². The molecule has 0 fully saturated rings. The number of unbranched alkanes of at least 4 members (excludes halogenated alkanes) is 1. The fraction of sp³-hybridized carbons (Fsp3) is 0.600. The predicted octanol–water partition coefficient (Wildman–Crippen LogP) is 1.17. The Balaban J connectivity index is 2.43. The largest absolute Gasteiger partial charge is 0.316 e. The molecule has 0 unspecified atom stereocenters. The zero-order valence-electron chi connectivity index (χ0n) is 13.2. The number of benzene rings is 1. The van der Waals surface area contributed by atoms with Crippen LogP contribution in [0.5, 0.6) is 0 Å². The molecule has 0 spiro atoms. The Morgan fingerprint density at radius 1 is 1.14 bits per heavy atom. The molecular weight excluding hydrogens is 286 g/mol. The molecule has 0 aromatic heterocycles. The zero-order chi connectivity index (χ0) is 15.7. The average molecular weight is 313 g/mol. The second-order valence-electron chi connectivity index (χ2n) is 5.51. The molecule has 0 atom stereocenters. The van der Waals surface area contributed by atoms with Gasteiger partial charge in [0.25, 0.3) is 0 Å². The maximum Gasteiger partial charge on any atom is 0.215 e. The standard InChI is InChI=1S/C15H27N3O2S/c1-16-12-14-7-6-8-15(11-14)13-21(19,20)17-9-4-5-10-18(2)3/h6-8,11,16-17H,4-5,9-10,12-13H2,1-3H3. The van der Waals surface area contributed by atoms with Crippen LogP contribution >= 0.6 is 0 Å². The SMILES string of the molecule is CNCc1cccc(CS(=O)(=O)NCCCCN(C)C)c1. The van der Waals surface area contributed by atoms with E-state index in [1.165, 1.54) is 0 Å². The number of hydrogen-bond donors (Lipinski definition) is 2. The van der Waals surface area contributed by atoms with Crippen molar-refractivity contribution in [3.05, 3.63) is 35.4 Å². The van der Waals surface area contributed by atoms with Crippen molar-refractivity contribution >= 4 is 10.0 Å². The molecule has 0 heterocycles. The Kier molecular flexibility index (Phi) is 7.88. The highest BCUT2D eigenvalue weighted by atomic mass is 32.2. The molecule has 0 bridgehead atoms. The monoisotopic (exact) mass is 313 g/mol. The van der Waals surface area contributed by atoms with Crippen molar-refractivity contribution in [2.24, 2.45) is 0 Å². The first-order valence-electron chi connectivity index (χ1n) is 7.27. The van der Waals surface area contributed by atoms with Gasteiger partial charge < -0.3 is 10.2 Å². The Bertz CT molecular complexity index is 515. The van der Waals surface area contributed by atoms with Crippen molar-refractivity contribution in [3.63, 3.8) is 0 Å². The van der Waals surface area contributed by atoms with Crippen LogP contribution in [0.25, 0.3) is 0 Å². The molecule has 0 aliphatic heterocycles. The fourth-order valence-corrected chi connectivity index (χ4v) is 3.26.